The van der Waals surface area contributed by atoms with Gasteiger partial charge in [-0.15, -0.1) is 0 Å². The van der Waals surface area contributed by atoms with Crippen molar-refractivity contribution in [2.45, 2.75) is 6.61 Å². The van der Waals surface area contributed by atoms with Crippen LogP contribution in [0.5, 0.6) is 5.75 Å². The molecule has 0 saturated heterocycles. The van der Waals surface area contributed by atoms with Gasteiger partial charge in [-0.3, -0.25) is 4.79 Å². The second kappa shape index (κ2) is 8.02. The Morgan fingerprint density at radius 2 is 1.69 bits per heavy atom. The van der Waals surface area contributed by atoms with Crippen LogP contribution in [0.1, 0.15) is 27.0 Å². The molecule has 0 fully saturated rings. The lowest BCUT2D eigenvalue weighted by molar-refractivity contribution is -0.110. The molecule has 1 amide bonds. The summed E-state index contributed by atoms with van der Waals surface area (Å²) in [6, 6.07) is 22.3. The summed E-state index contributed by atoms with van der Waals surface area (Å²) < 4.78 is 10.5. The smallest absolute Gasteiger partial charge is 0.337 e. The molecule has 1 N–H and O–H groups in total. The summed E-state index contributed by atoms with van der Waals surface area (Å²) in [5, 5.41) is 2.87. The number of ether oxygens (including phenoxy) is 2. The van der Waals surface area contributed by atoms with Crippen LogP contribution in [0.4, 0.5) is 5.69 Å². The number of carbonyl (C=O) groups is 2. The van der Waals surface area contributed by atoms with Crippen molar-refractivity contribution in [3.8, 4) is 5.75 Å². The van der Waals surface area contributed by atoms with Crippen molar-refractivity contribution in [2.75, 3.05) is 12.4 Å². The van der Waals surface area contributed by atoms with Gasteiger partial charge in [-0.25, -0.2) is 4.79 Å². The first kappa shape index (κ1) is 18.5. The Labute approximate surface area is 168 Å². The van der Waals surface area contributed by atoms with Gasteiger partial charge < -0.3 is 14.8 Å². The molecular weight excluding hydrogens is 366 g/mol. The van der Waals surface area contributed by atoms with Gasteiger partial charge in [0.15, 0.2) is 0 Å². The molecule has 1 heterocycles. The molecule has 3 aromatic carbocycles. The van der Waals surface area contributed by atoms with Crippen LogP contribution < -0.4 is 10.1 Å². The predicted octanol–water partition coefficient (Wildman–Crippen LogP) is 4.54. The Morgan fingerprint density at radius 3 is 2.41 bits per heavy atom. The van der Waals surface area contributed by atoms with Crippen LogP contribution in [0.3, 0.4) is 0 Å². The average Bonchev–Trinajstić information content (AvgIpc) is 3.08. The van der Waals surface area contributed by atoms with E-state index >= 15 is 0 Å². The van der Waals surface area contributed by atoms with Crippen molar-refractivity contribution < 1.29 is 19.1 Å². The summed E-state index contributed by atoms with van der Waals surface area (Å²) in [4.78, 5) is 23.7. The molecule has 1 aliphatic heterocycles. The van der Waals surface area contributed by atoms with E-state index in [1.807, 2.05) is 66.7 Å². The molecule has 3 aromatic rings. The zero-order valence-corrected chi connectivity index (χ0v) is 15.8. The number of methoxy groups -OCH3 is 1. The maximum absolute atomic E-state index is 12.2. The minimum atomic E-state index is -0.360. The molecule has 0 aliphatic carbocycles. The summed E-state index contributed by atoms with van der Waals surface area (Å²) in [5.74, 6) is 0.267. The van der Waals surface area contributed by atoms with Crippen molar-refractivity contribution in [3.05, 3.63) is 95.1 Å². The zero-order chi connectivity index (χ0) is 20.2. The number of amides is 1. The van der Waals surface area contributed by atoms with E-state index in [-0.39, 0.29) is 11.9 Å². The van der Waals surface area contributed by atoms with Crippen LogP contribution >= 0.6 is 0 Å². The highest BCUT2D eigenvalue weighted by Crippen LogP contribution is 2.32. The second-order valence-electron chi connectivity index (χ2n) is 6.60. The monoisotopic (exact) mass is 385 g/mol. The lowest BCUT2D eigenvalue weighted by atomic mass is 10.0. The van der Waals surface area contributed by atoms with Crippen LogP contribution in [-0.4, -0.2) is 19.0 Å². The van der Waals surface area contributed by atoms with Crippen molar-refractivity contribution >= 4 is 29.2 Å². The highest BCUT2D eigenvalue weighted by atomic mass is 16.5. The van der Waals surface area contributed by atoms with Crippen molar-refractivity contribution in [3.63, 3.8) is 0 Å². The van der Waals surface area contributed by atoms with Gasteiger partial charge in [0.1, 0.15) is 12.4 Å². The minimum Gasteiger partial charge on any atom is -0.489 e. The number of esters is 1. The first-order valence-electron chi connectivity index (χ1n) is 9.16. The highest BCUT2D eigenvalue weighted by molar-refractivity contribution is 6.34. The molecule has 0 saturated carbocycles. The van der Waals surface area contributed by atoms with Gasteiger partial charge in [-0.05, 0) is 47.5 Å². The van der Waals surface area contributed by atoms with Crippen LogP contribution in [-0.2, 0) is 16.1 Å². The van der Waals surface area contributed by atoms with Gasteiger partial charge in [0.2, 0.25) is 0 Å². The maximum Gasteiger partial charge on any atom is 0.337 e. The minimum absolute atomic E-state index is 0.0954. The number of hydrogen-bond acceptors (Lipinski definition) is 4. The third-order valence-corrected chi connectivity index (χ3v) is 4.68. The van der Waals surface area contributed by atoms with Crippen molar-refractivity contribution in [1.82, 2.24) is 0 Å². The fourth-order valence-electron chi connectivity index (χ4n) is 3.13. The van der Waals surface area contributed by atoms with E-state index in [1.165, 1.54) is 7.11 Å². The molecule has 29 heavy (non-hydrogen) atoms. The summed E-state index contributed by atoms with van der Waals surface area (Å²) in [7, 11) is 1.36. The second-order valence-corrected chi connectivity index (χ2v) is 6.60. The van der Waals surface area contributed by atoms with E-state index < -0.39 is 0 Å². The molecule has 144 valence electrons. The Bertz CT molecular complexity index is 1080. The van der Waals surface area contributed by atoms with Crippen molar-refractivity contribution in [1.29, 1.82) is 0 Å². The molecule has 0 atom stereocenters. The molecule has 0 spiro atoms. The lowest BCUT2D eigenvalue weighted by Gasteiger charge is -2.07. The third-order valence-electron chi connectivity index (χ3n) is 4.68. The van der Waals surface area contributed by atoms with E-state index in [1.54, 1.807) is 12.1 Å². The van der Waals surface area contributed by atoms with Crippen molar-refractivity contribution in [2.24, 2.45) is 0 Å². The fraction of sp³-hybridized carbons (Fsp3) is 0.0833. The van der Waals surface area contributed by atoms with Gasteiger partial charge in [0, 0.05) is 16.8 Å². The van der Waals surface area contributed by atoms with Gasteiger partial charge in [-0.1, -0.05) is 42.5 Å². The molecule has 0 aromatic heterocycles. The summed E-state index contributed by atoms with van der Waals surface area (Å²) in [6.07, 6.45) is 1.87. The first-order chi connectivity index (χ1) is 14.1. The lowest BCUT2D eigenvalue weighted by Crippen LogP contribution is -2.03. The molecule has 1 aliphatic rings. The number of carbonyl (C=O) groups excluding carboxylic acids is 2. The van der Waals surface area contributed by atoms with Gasteiger partial charge in [0.25, 0.3) is 5.91 Å². The number of nitrogens with one attached hydrogen (secondary N) is 1. The van der Waals surface area contributed by atoms with Crippen LogP contribution in [0, 0.1) is 0 Å². The first-order valence-corrected chi connectivity index (χ1v) is 9.16. The number of rotatable bonds is 5. The predicted molar refractivity (Wildman–Crippen MR) is 111 cm³/mol. The Balaban J connectivity index is 1.42. The number of benzene rings is 3. The molecule has 5 heteroatoms. The number of hydrogen-bond donors (Lipinski definition) is 1. The quantitative estimate of drug-likeness (QED) is 0.517. The number of fused-ring (bicyclic) bond motifs is 1. The number of anilines is 1. The highest BCUT2D eigenvalue weighted by Gasteiger charge is 2.23. The molecule has 0 unspecified atom stereocenters. The van der Waals surface area contributed by atoms with Crippen LogP contribution in [0.2, 0.25) is 0 Å². The van der Waals surface area contributed by atoms with Crippen LogP contribution in [0.25, 0.3) is 11.6 Å². The molecule has 0 radical (unpaired) electrons. The molecule has 0 bridgehead atoms. The van der Waals surface area contributed by atoms with E-state index in [0.29, 0.717) is 17.7 Å². The third kappa shape index (κ3) is 4.04. The Kier molecular flexibility index (Phi) is 5.12. The van der Waals surface area contributed by atoms with E-state index in [2.05, 4.69) is 5.32 Å². The van der Waals surface area contributed by atoms with Crippen LogP contribution in [0.15, 0.2) is 72.8 Å². The maximum atomic E-state index is 12.2. The topological polar surface area (TPSA) is 64.6 Å². The van der Waals surface area contributed by atoms with Gasteiger partial charge in [0.05, 0.1) is 12.7 Å². The Morgan fingerprint density at radius 1 is 0.966 bits per heavy atom. The van der Waals surface area contributed by atoms with E-state index in [0.717, 1.165) is 28.1 Å². The van der Waals surface area contributed by atoms with Gasteiger partial charge >= 0.3 is 5.97 Å². The number of para-hydroxylation sites is 1. The molecular formula is C24H19NO4. The summed E-state index contributed by atoms with van der Waals surface area (Å²) >= 11 is 0. The van der Waals surface area contributed by atoms with Gasteiger partial charge in [-0.2, -0.15) is 0 Å². The summed E-state index contributed by atoms with van der Waals surface area (Å²) in [5.41, 5.74) is 4.77. The zero-order valence-electron chi connectivity index (χ0n) is 15.8. The standard InChI is InChI=1S/C24H19NO4/c1-28-24(27)18-10-6-17(7-11-18)15-29-19-12-8-16(9-13-19)14-21-20-4-2-3-5-22(20)25-23(21)26/h2-14H,15H2,1H3,(H,25,26)/b21-14-. The Hall–Kier alpha value is -3.86. The van der Waals surface area contributed by atoms with E-state index in [4.69, 9.17) is 9.47 Å². The average molecular weight is 385 g/mol. The normalized spacial score (nSPS) is 13.7. The fourth-order valence-corrected chi connectivity index (χ4v) is 3.13. The molecule has 5 nitrogen and oxygen atoms in total. The SMILES string of the molecule is COC(=O)c1ccc(COc2ccc(/C=C3\C(=O)Nc4ccccc43)cc2)cc1. The molecule has 4 rings (SSSR count). The summed E-state index contributed by atoms with van der Waals surface area (Å²) in [6.45, 7) is 0.387. The largest absolute Gasteiger partial charge is 0.489 e. The van der Waals surface area contributed by atoms with E-state index in [9.17, 15) is 9.59 Å².